The van der Waals surface area contributed by atoms with Gasteiger partial charge in [-0.15, -0.1) is 0 Å². The van der Waals surface area contributed by atoms with Crippen molar-refractivity contribution >= 4 is 17.6 Å². The highest BCUT2D eigenvalue weighted by Crippen LogP contribution is 2.22. The van der Waals surface area contributed by atoms with Crippen LogP contribution in [0.4, 0.5) is 8.78 Å². The maximum Gasteiger partial charge on any atom is 0.320 e. The van der Waals surface area contributed by atoms with Crippen molar-refractivity contribution in [2.45, 2.75) is 12.5 Å². The van der Waals surface area contributed by atoms with E-state index in [0.717, 1.165) is 12.1 Å². The van der Waals surface area contributed by atoms with Gasteiger partial charge in [-0.3, -0.25) is 4.79 Å². The van der Waals surface area contributed by atoms with Crippen molar-refractivity contribution in [3.05, 3.63) is 34.4 Å². The maximum atomic E-state index is 13.3. The second-order valence-electron chi connectivity index (χ2n) is 2.98. The molecular formula is C9H8ClF2NO2. The van der Waals surface area contributed by atoms with Crippen molar-refractivity contribution < 1.29 is 18.7 Å². The van der Waals surface area contributed by atoms with E-state index in [9.17, 15) is 13.6 Å². The van der Waals surface area contributed by atoms with E-state index in [0.29, 0.717) is 0 Å². The average Bonchev–Trinajstić information content (AvgIpc) is 2.18. The van der Waals surface area contributed by atoms with E-state index in [1.54, 1.807) is 0 Å². The molecule has 1 aromatic rings. The van der Waals surface area contributed by atoms with Crippen LogP contribution in [0.2, 0.25) is 5.02 Å². The first kappa shape index (κ1) is 11.9. The van der Waals surface area contributed by atoms with E-state index >= 15 is 0 Å². The van der Waals surface area contributed by atoms with Crippen molar-refractivity contribution in [3.63, 3.8) is 0 Å². The Morgan fingerprint density at radius 1 is 1.53 bits per heavy atom. The van der Waals surface area contributed by atoms with Gasteiger partial charge in [0.15, 0.2) is 0 Å². The van der Waals surface area contributed by atoms with Crippen molar-refractivity contribution in [2.24, 2.45) is 5.73 Å². The number of nitrogens with two attached hydrogens (primary N) is 1. The number of aliphatic carboxylic acids is 1. The fraction of sp³-hybridized carbons (Fsp3) is 0.222. The van der Waals surface area contributed by atoms with Gasteiger partial charge in [0.2, 0.25) is 0 Å². The van der Waals surface area contributed by atoms with Gasteiger partial charge < -0.3 is 10.8 Å². The summed E-state index contributed by atoms with van der Waals surface area (Å²) in [4.78, 5) is 10.4. The monoisotopic (exact) mass is 235 g/mol. The summed E-state index contributed by atoms with van der Waals surface area (Å²) in [5, 5.41) is 7.86. The molecule has 1 rings (SSSR count). The normalized spacial score (nSPS) is 12.5. The molecule has 0 spiro atoms. The minimum Gasteiger partial charge on any atom is -0.480 e. The van der Waals surface area contributed by atoms with Crippen LogP contribution in [-0.4, -0.2) is 17.1 Å². The molecule has 0 bridgehead atoms. The fourth-order valence-corrected chi connectivity index (χ4v) is 1.23. The molecule has 0 aliphatic heterocycles. The second-order valence-corrected chi connectivity index (χ2v) is 3.36. The molecule has 0 radical (unpaired) electrons. The molecule has 0 heterocycles. The van der Waals surface area contributed by atoms with E-state index in [4.69, 9.17) is 22.4 Å². The van der Waals surface area contributed by atoms with Crippen LogP contribution in [0.25, 0.3) is 0 Å². The zero-order valence-corrected chi connectivity index (χ0v) is 8.26. The van der Waals surface area contributed by atoms with Crippen LogP contribution in [0.5, 0.6) is 0 Å². The van der Waals surface area contributed by atoms with Crippen LogP contribution in [-0.2, 0) is 11.2 Å². The Morgan fingerprint density at radius 2 is 2.13 bits per heavy atom. The molecule has 0 unspecified atom stereocenters. The molecule has 0 amide bonds. The highest BCUT2D eigenvalue weighted by Gasteiger charge is 2.17. The number of carbonyl (C=O) groups is 1. The van der Waals surface area contributed by atoms with Gasteiger partial charge in [-0.1, -0.05) is 17.7 Å². The predicted octanol–water partition coefficient (Wildman–Crippen LogP) is 1.57. The lowest BCUT2D eigenvalue weighted by atomic mass is 10.1. The van der Waals surface area contributed by atoms with Gasteiger partial charge in [0, 0.05) is 6.42 Å². The Balaban J connectivity index is 2.97. The van der Waals surface area contributed by atoms with Gasteiger partial charge in [0.1, 0.15) is 22.7 Å². The Hall–Kier alpha value is -1.20. The summed E-state index contributed by atoms with van der Waals surface area (Å²) in [5.41, 5.74) is 5.19. The van der Waals surface area contributed by atoms with Crippen molar-refractivity contribution in [3.8, 4) is 0 Å². The zero-order valence-electron chi connectivity index (χ0n) is 7.51. The first-order valence-electron chi connectivity index (χ1n) is 4.04. The molecule has 3 nitrogen and oxygen atoms in total. The first-order valence-corrected chi connectivity index (χ1v) is 4.42. The van der Waals surface area contributed by atoms with Gasteiger partial charge in [-0.05, 0) is 11.6 Å². The SMILES string of the molecule is N[C@H](Cc1ccc(F)c(Cl)c1F)C(=O)O. The van der Waals surface area contributed by atoms with E-state index in [1.807, 2.05) is 0 Å². The molecule has 0 aliphatic carbocycles. The lowest BCUT2D eigenvalue weighted by molar-refractivity contribution is -0.138. The largest absolute Gasteiger partial charge is 0.480 e. The molecule has 0 aliphatic rings. The highest BCUT2D eigenvalue weighted by atomic mass is 35.5. The van der Waals surface area contributed by atoms with Crippen molar-refractivity contribution in [2.75, 3.05) is 0 Å². The summed E-state index contributed by atoms with van der Waals surface area (Å²) in [6.07, 6.45) is -0.235. The fourth-order valence-electron chi connectivity index (χ4n) is 1.05. The van der Waals surface area contributed by atoms with Crippen LogP contribution in [0, 0.1) is 11.6 Å². The third-order valence-corrected chi connectivity index (χ3v) is 2.22. The smallest absolute Gasteiger partial charge is 0.320 e. The summed E-state index contributed by atoms with van der Waals surface area (Å²) in [7, 11) is 0. The first-order chi connectivity index (χ1) is 6.93. The Labute approximate surface area is 89.5 Å². The van der Waals surface area contributed by atoms with Gasteiger partial charge in [0.05, 0.1) is 0 Å². The minimum absolute atomic E-state index is 0.0173. The van der Waals surface area contributed by atoms with Crippen LogP contribution in [0.15, 0.2) is 12.1 Å². The zero-order chi connectivity index (χ0) is 11.6. The number of rotatable bonds is 3. The number of hydrogen-bond acceptors (Lipinski definition) is 2. The Bertz CT molecular complexity index is 398. The molecule has 0 saturated carbocycles. The summed E-state index contributed by atoms with van der Waals surface area (Å²) < 4.78 is 26.0. The third-order valence-electron chi connectivity index (χ3n) is 1.87. The number of hydrogen-bond donors (Lipinski definition) is 2. The van der Waals surface area contributed by atoms with Crippen molar-refractivity contribution in [1.82, 2.24) is 0 Å². The molecule has 0 aromatic heterocycles. The maximum absolute atomic E-state index is 13.3. The highest BCUT2D eigenvalue weighted by molar-refractivity contribution is 6.30. The summed E-state index contributed by atoms with van der Waals surface area (Å²) in [5.74, 6) is -3.11. The van der Waals surface area contributed by atoms with Gasteiger partial charge >= 0.3 is 5.97 Å². The summed E-state index contributed by atoms with van der Waals surface area (Å²) in [6.45, 7) is 0. The van der Waals surface area contributed by atoms with Gasteiger partial charge in [-0.25, -0.2) is 8.78 Å². The third kappa shape index (κ3) is 2.64. The Kier molecular flexibility index (Phi) is 3.60. The van der Waals surface area contributed by atoms with Crippen LogP contribution in [0.3, 0.4) is 0 Å². The van der Waals surface area contributed by atoms with Crippen LogP contribution in [0.1, 0.15) is 5.56 Å². The average molecular weight is 236 g/mol. The molecule has 0 saturated heterocycles. The molecule has 15 heavy (non-hydrogen) atoms. The predicted molar refractivity (Wildman–Crippen MR) is 50.7 cm³/mol. The summed E-state index contributed by atoms with van der Waals surface area (Å²) >= 11 is 5.31. The molecule has 0 fully saturated rings. The van der Waals surface area contributed by atoms with Crippen molar-refractivity contribution in [1.29, 1.82) is 0 Å². The van der Waals surface area contributed by atoms with E-state index < -0.39 is 28.7 Å². The molecule has 1 aromatic carbocycles. The molecule has 1 atom stereocenters. The lowest BCUT2D eigenvalue weighted by Gasteiger charge is -2.08. The molecule has 6 heteroatoms. The van der Waals surface area contributed by atoms with E-state index in [-0.39, 0.29) is 12.0 Å². The lowest BCUT2D eigenvalue weighted by Crippen LogP contribution is -2.32. The standard InChI is InChI=1S/C9H8ClF2NO2/c10-7-5(11)2-1-4(8(7)12)3-6(13)9(14)15/h1-2,6H,3,13H2,(H,14,15)/t6-/m1/s1. The number of benzene rings is 1. The van der Waals surface area contributed by atoms with Gasteiger partial charge in [-0.2, -0.15) is 0 Å². The number of halogens is 3. The quantitative estimate of drug-likeness (QED) is 0.782. The molecule has 3 N–H and O–H groups in total. The minimum atomic E-state index is -1.25. The van der Waals surface area contributed by atoms with E-state index in [2.05, 4.69) is 0 Å². The Morgan fingerprint density at radius 3 is 2.67 bits per heavy atom. The summed E-state index contributed by atoms with van der Waals surface area (Å²) in [6, 6.07) is 0.857. The van der Waals surface area contributed by atoms with E-state index in [1.165, 1.54) is 0 Å². The van der Waals surface area contributed by atoms with Gasteiger partial charge in [0.25, 0.3) is 0 Å². The topological polar surface area (TPSA) is 63.3 Å². The second kappa shape index (κ2) is 4.55. The number of carboxylic acids is 1. The molecule has 82 valence electrons. The molecular weight excluding hydrogens is 228 g/mol. The van der Waals surface area contributed by atoms with Crippen LogP contribution < -0.4 is 5.73 Å². The van der Waals surface area contributed by atoms with Crippen LogP contribution >= 0.6 is 11.6 Å². The number of carboxylic acid groups (broad SMARTS) is 1.